The SMILES string of the molecule is Cc1sc(NC(=O)N(C)Cc2ncn[nH]2)c(C(=O)O)c1C. The molecular weight excluding hydrogens is 294 g/mol. The predicted molar refractivity (Wildman–Crippen MR) is 77.6 cm³/mol. The highest BCUT2D eigenvalue weighted by atomic mass is 32.1. The normalized spacial score (nSPS) is 10.4. The third-order valence-corrected chi connectivity index (χ3v) is 4.14. The molecule has 2 aromatic heterocycles. The number of carboxylic acid groups (broad SMARTS) is 1. The number of carbonyl (C=O) groups excluding carboxylic acids is 1. The zero-order valence-corrected chi connectivity index (χ0v) is 12.6. The fourth-order valence-electron chi connectivity index (χ4n) is 1.77. The molecule has 0 radical (unpaired) electrons. The first-order chi connectivity index (χ1) is 9.90. The summed E-state index contributed by atoms with van der Waals surface area (Å²) in [6, 6.07) is -0.407. The monoisotopic (exact) mass is 309 g/mol. The molecule has 2 heterocycles. The van der Waals surface area contributed by atoms with Crippen molar-refractivity contribution in [2.45, 2.75) is 20.4 Å². The van der Waals surface area contributed by atoms with Crippen molar-refractivity contribution in [3.8, 4) is 0 Å². The first kappa shape index (κ1) is 15.0. The first-order valence-electron chi connectivity index (χ1n) is 6.09. The van der Waals surface area contributed by atoms with Crippen molar-refractivity contribution in [3.63, 3.8) is 0 Å². The summed E-state index contributed by atoms with van der Waals surface area (Å²) in [5, 5.41) is 18.6. The van der Waals surface area contributed by atoms with Gasteiger partial charge >= 0.3 is 12.0 Å². The van der Waals surface area contributed by atoms with Gasteiger partial charge < -0.3 is 10.0 Å². The number of hydrogen-bond acceptors (Lipinski definition) is 5. The molecule has 0 aliphatic heterocycles. The number of aromatic amines is 1. The number of H-pyrrole nitrogens is 1. The Morgan fingerprint density at radius 1 is 1.48 bits per heavy atom. The Hall–Kier alpha value is -2.42. The van der Waals surface area contributed by atoms with E-state index < -0.39 is 12.0 Å². The highest BCUT2D eigenvalue weighted by Crippen LogP contribution is 2.32. The Balaban J connectivity index is 2.12. The van der Waals surface area contributed by atoms with E-state index in [9.17, 15) is 14.7 Å². The molecule has 8 nitrogen and oxygen atoms in total. The average Bonchev–Trinajstić information content (AvgIpc) is 2.99. The van der Waals surface area contributed by atoms with Crippen LogP contribution < -0.4 is 5.32 Å². The number of anilines is 1. The van der Waals surface area contributed by atoms with Crippen LogP contribution in [0.5, 0.6) is 0 Å². The van der Waals surface area contributed by atoms with E-state index in [-0.39, 0.29) is 12.1 Å². The molecule has 2 rings (SSSR count). The summed E-state index contributed by atoms with van der Waals surface area (Å²) in [5.41, 5.74) is 0.805. The molecule has 0 bridgehead atoms. The van der Waals surface area contributed by atoms with E-state index in [1.807, 2.05) is 6.92 Å². The Kier molecular flexibility index (Phi) is 4.22. The van der Waals surface area contributed by atoms with Gasteiger partial charge in [0.05, 0.1) is 12.1 Å². The van der Waals surface area contributed by atoms with Crippen LogP contribution in [0.15, 0.2) is 6.33 Å². The third kappa shape index (κ3) is 3.19. The highest BCUT2D eigenvalue weighted by molar-refractivity contribution is 7.16. The number of carboxylic acids is 1. The van der Waals surface area contributed by atoms with Crippen LogP contribution in [0, 0.1) is 13.8 Å². The summed E-state index contributed by atoms with van der Waals surface area (Å²) in [4.78, 5) is 29.6. The van der Waals surface area contributed by atoms with Gasteiger partial charge in [0.25, 0.3) is 0 Å². The lowest BCUT2D eigenvalue weighted by molar-refractivity contribution is 0.0697. The van der Waals surface area contributed by atoms with Gasteiger partial charge in [-0.15, -0.1) is 11.3 Å². The number of rotatable bonds is 4. The van der Waals surface area contributed by atoms with E-state index in [4.69, 9.17) is 0 Å². The molecule has 0 aromatic carbocycles. The second kappa shape index (κ2) is 5.92. The van der Waals surface area contributed by atoms with E-state index in [1.54, 1.807) is 14.0 Å². The van der Waals surface area contributed by atoms with Gasteiger partial charge in [-0.3, -0.25) is 10.4 Å². The molecular formula is C12H15N5O3S. The summed E-state index contributed by atoms with van der Waals surface area (Å²) >= 11 is 1.25. The fourth-order valence-corrected chi connectivity index (χ4v) is 2.81. The maximum absolute atomic E-state index is 12.1. The molecule has 0 fully saturated rings. The summed E-state index contributed by atoms with van der Waals surface area (Å²) in [6.07, 6.45) is 1.36. The van der Waals surface area contributed by atoms with Gasteiger partial charge in [-0.2, -0.15) is 5.10 Å². The van der Waals surface area contributed by atoms with Crippen molar-refractivity contribution in [1.82, 2.24) is 20.1 Å². The molecule has 0 unspecified atom stereocenters. The van der Waals surface area contributed by atoms with Crippen LogP contribution in [0.3, 0.4) is 0 Å². The van der Waals surface area contributed by atoms with E-state index in [0.29, 0.717) is 16.4 Å². The molecule has 0 saturated carbocycles. The molecule has 3 N–H and O–H groups in total. The van der Waals surface area contributed by atoms with E-state index >= 15 is 0 Å². The van der Waals surface area contributed by atoms with Gasteiger partial charge in [0, 0.05) is 11.9 Å². The molecule has 0 saturated heterocycles. The molecule has 112 valence electrons. The zero-order chi connectivity index (χ0) is 15.6. The lowest BCUT2D eigenvalue weighted by Gasteiger charge is -2.16. The summed E-state index contributed by atoms with van der Waals surface area (Å²) in [6.45, 7) is 3.79. The molecule has 0 aliphatic carbocycles. The molecule has 2 aromatic rings. The fraction of sp³-hybridized carbons (Fsp3) is 0.333. The standard InChI is InChI=1S/C12H15N5O3S/c1-6-7(2)21-10(9(6)11(18)19)15-12(20)17(3)4-8-13-5-14-16-8/h5H,4H2,1-3H3,(H,15,20)(H,18,19)(H,13,14,16). The van der Waals surface area contributed by atoms with Crippen molar-refractivity contribution in [2.75, 3.05) is 12.4 Å². The largest absolute Gasteiger partial charge is 0.478 e. The molecule has 0 atom stereocenters. The van der Waals surface area contributed by atoms with Crippen LogP contribution in [-0.4, -0.2) is 44.2 Å². The Morgan fingerprint density at radius 3 is 2.76 bits per heavy atom. The number of aromatic nitrogens is 3. The summed E-state index contributed by atoms with van der Waals surface area (Å²) in [5.74, 6) is -0.505. The molecule has 9 heteroatoms. The third-order valence-electron chi connectivity index (χ3n) is 3.02. The predicted octanol–water partition coefficient (Wildman–Crippen LogP) is 1.85. The number of nitrogens with one attached hydrogen (secondary N) is 2. The van der Waals surface area contributed by atoms with Gasteiger partial charge in [0.1, 0.15) is 17.2 Å². The van der Waals surface area contributed by atoms with Gasteiger partial charge in [0.2, 0.25) is 0 Å². The van der Waals surface area contributed by atoms with E-state index in [0.717, 1.165) is 4.88 Å². The first-order valence-corrected chi connectivity index (χ1v) is 6.91. The lowest BCUT2D eigenvalue weighted by Crippen LogP contribution is -2.31. The molecule has 0 spiro atoms. The number of hydrogen-bond donors (Lipinski definition) is 3. The van der Waals surface area contributed by atoms with Crippen molar-refractivity contribution < 1.29 is 14.7 Å². The van der Waals surface area contributed by atoms with Gasteiger partial charge in [-0.05, 0) is 19.4 Å². The minimum Gasteiger partial charge on any atom is -0.478 e. The lowest BCUT2D eigenvalue weighted by atomic mass is 10.1. The minimum absolute atomic E-state index is 0.138. The second-order valence-corrected chi connectivity index (χ2v) is 5.74. The van der Waals surface area contributed by atoms with Gasteiger partial charge in [0.15, 0.2) is 0 Å². The van der Waals surface area contributed by atoms with Crippen molar-refractivity contribution >= 4 is 28.3 Å². The highest BCUT2D eigenvalue weighted by Gasteiger charge is 2.21. The molecule has 0 aliphatic rings. The van der Waals surface area contributed by atoms with Gasteiger partial charge in [-0.25, -0.2) is 14.6 Å². The smallest absolute Gasteiger partial charge is 0.338 e. The number of amides is 2. The average molecular weight is 309 g/mol. The van der Waals surface area contributed by atoms with E-state index in [1.165, 1.54) is 22.6 Å². The van der Waals surface area contributed by atoms with Crippen LogP contribution in [-0.2, 0) is 6.54 Å². The number of aryl methyl sites for hydroxylation is 1. The Morgan fingerprint density at radius 2 is 2.19 bits per heavy atom. The quantitative estimate of drug-likeness (QED) is 0.798. The second-order valence-electron chi connectivity index (χ2n) is 4.51. The van der Waals surface area contributed by atoms with Crippen LogP contribution in [0.2, 0.25) is 0 Å². The van der Waals surface area contributed by atoms with Crippen molar-refractivity contribution in [2.24, 2.45) is 0 Å². The van der Waals surface area contributed by atoms with Crippen LogP contribution in [0.25, 0.3) is 0 Å². The Labute approximate surface area is 124 Å². The number of thiophene rings is 1. The van der Waals surface area contributed by atoms with Gasteiger partial charge in [-0.1, -0.05) is 0 Å². The Bertz CT molecular complexity index is 665. The maximum atomic E-state index is 12.1. The summed E-state index contributed by atoms with van der Waals surface area (Å²) in [7, 11) is 1.59. The van der Waals surface area contributed by atoms with Crippen LogP contribution in [0.4, 0.5) is 9.80 Å². The summed E-state index contributed by atoms with van der Waals surface area (Å²) < 4.78 is 0. The number of aromatic carboxylic acids is 1. The topological polar surface area (TPSA) is 111 Å². The zero-order valence-electron chi connectivity index (χ0n) is 11.8. The van der Waals surface area contributed by atoms with E-state index in [2.05, 4.69) is 20.5 Å². The van der Waals surface area contributed by atoms with Crippen LogP contribution >= 0.6 is 11.3 Å². The number of urea groups is 1. The van der Waals surface area contributed by atoms with Crippen molar-refractivity contribution in [3.05, 3.63) is 28.2 Å². The number of nitrogens with zero attached hydrogens (tertiary/aromatic N) is 3. The molecule has 21 heavy (non-hydrogen) atoms. The number of carbonyl (C=O) groups is 2. The maximum Gasteiger partial charge on any atom is 0.338 e. The minimum atomic E-state index is -1.05. The van der Waals surface area contributed by atoms with Crippen molar-refractivity contribution in [1.29, 1.82) is 0 Å². The molecule has 2 amide bonds. The van der Waals surface area contributed by atoms with Crippen LogP contribution in [0.1, 0.15) is 26.6 Å².